The number of nitrogens with two attached hydrogens (primary N) is 1. The number of nitrogens with zero attached hydrogens (tertiary/aromatic N) is 1. The molecule has 2 heterocycles. The van der Waals surface area contributed by atoms with Crippen LogP contribution < -0.4 is 27.6 Å². The maximum atomic E-state index is 12.8. The molecule has 8 atom stereocenters. The molecule has 1 aliphatic rings. The number of carbonyl (C=O) groups excluding carboxylic acids is 4. The zero-order valence-corrected chi connectivity index (χ0v) is 23.1. The molecule has 0 bridgehead atoms. The van der Waals surface area contributed by atoms with E-state index in [9.17, 15) is 39.0 Å². The van der Waals surface area contributed by atoms with Crippen LogP contribution in [0.15, 0.2) is 21.9 Å². The van der Waals surface area contributed by atoms with E-state index in [-0.39, 0.29) is 26.1 Å². The average Bonchev–Trinajstić information content (AvgIpc) is 3.21. The Bertz CT molecular complexity index is 1180. The van der Waals surface area contributed by atoms with E-state index in [1.54, 1.807) is 6.92 Å². The van der Waals surface area contributed by atoms with Crippen molar-refractivity contribution in [2.24, 2.45) is 5.73 Å². The zero-order chi connectivity index (χ0) is 30.9. The fourth-order valence-electron chi connectivity index (χ4n) is 4.09. The monoisotopic (exact) mass is 587 g/mol. The fourth-order valence-corrected chi connectivity index (χ4v) is 4.09. The molecule has 1 aromatic heterocycles. The summed E-state index contributed by atoms with van der Waals surface area (Å²) in [5.74, 6) is -3.13. The third-order valence-electron chi connectivity index (χ3n) is 6.01. The number of ether oxygens (including phenoxy) is 4. The minimum atomic E-state index is -1.78. The van der Waals surface area contributed by atoms with Crippen LogP contribution in [0.3, 0.4) is 0 Å². The van der Waals surface area contributed by atoms with E-state index in [0.29, 0.717) is 0 Å². The van der Waals surface area contributed by atoms with Crippen molar-refractivity contribution in [2.45, 2.75) is 82.9 Å². The van der Waals surface area contributed by atoms with Crippen molar-refractivity contribution in [2.75, 3.05) is 19.7 Å². The lowest BCUT2D eigenvalue weighted by atomic mass is 9.98. The van der Waals surface area contributed by atoms with Gasteiger partial charge in [-0.25, -0.2) is 4.79 Å². The van der Waals surface area contributed by atoms with Crippen molar-refractivity contribution in [1.82, 2.24) is 20.2 Å². The molecule has 0 aliphatic carbocycles. The van der Waals surface area contributed by atoms with Crippen LogP contribution in [-0.4, -0.2) is 106 Å². The predicted molar refractivity (Wildman–Crippen MR) is 138 cm³/mol. The van der Waals surface area contributed by atoms with Crippen LogP contribution in [0.1, 0.15) is 40.3 Å². The van der Waals surface area contributed by atoms with Gasteiger partial charge < -0.3 is 45.5 Å². The molecule has 2 rings (SSSR count). The molecule has 17 heteroatoms. The number of aromatic amines is 1. The minimum absolute atomic E-state index is 0.0403. The van der Waals surface area contributed by atoms with Gasteiger partial charge in [0.25, 0.3) is 5.56 Å². The van der Waals surface area contributed by atoms with Crippen LogP contribution >= 0.6 is 0 Å². The van der Waals surface area contributed by atoms with Crippen molar-refractivity contribution >= 4 is 23.8 Å². The van der Waals surface area contributed by atoms with Gasteiger partial charge >= 0.3 is 23.6 Å². The average molecular weight is 588 g/mol. The van der Waals surface area contributed by atoms with Gasteiger partial charge in [-0.15, -0.1) is 0 Å². The maximum absolute atomic E-state index is 12.8. The molecule has 0 spiro atoms. The first-order valence-electron chi connectivity index (χ1n) is 12.9. The van der Waals surface area contributed by atoms with E-state index < -0.39 is 83.9 Å². The second kappa shape index (κ2) is 15.4. The number of hydrogen-bond acceptors (Lipinski definition) is 14. The minimum Gasteiger partial charge on any atom is -0.465 e. The summed E-state index contributed by atoms with van der Waals surface area (Å²) in [6.07, 6.45) is -7.46. The fraction of sp³-hybridized carbons (Fsp3) is 0.667. The molecule has 1 amide bonds. The highest BCUT2D eigenvalue weighted by molar-refractivity contribution is 5.82. The van der Waals surface area contributed by atoms with Gasteiger partial charge in [0.15, 0.2) is 18.4 Å². The predicted octanol–water partition coefficient (Wildman–Crippen LogP) is -3.61. The van der Waals surface area contributed by atoms with Gasteiger partial charge in [-0.1, -0.05) is 0 Å². The number of H-pyrrole nitrogens is 1. The van der Waals surface area contributed by atoms with Crippen LogP contribution in [0.2, 0.25) is 0 Å². The van der Waals surface area contributed by atoms with Gasteiger partial charge in [-0.05, 0) is 26.8 Å². The molecule has 41 heavy (non-hydrogen) atoms. The Morgan fingerprint density at radius 1 is 1.12 bits per heavy atom. The normalized spacial score (nSPS) is 23.1. The Kier molecular flexibility index (Phi) is 12.6. The largest absolute Gasteiger partial charge is 0.465 e. The number of aromatic nitrogens is 2. The molecule has 7 N–H and O–H groups in total. The molecule has 1 saturated heterocycles. The number of aliphatic hydroxyl groups excluding tert-OH is 2. The third-order valence-corrected chi connectivity index (χ3v) is 6.01. The highest BCUT2D eigenvalue weighted by Crippen LogP contribution is 2.35. The maximum Gasteiger partial charge on any atom is 0.330 e. The summed E-state index contributed by atoms with van der Waals surface area (Å²) in [5, 5.41) is 26.1. The van der Waals surface area contributed by atoms with Crippen LogP contribution in [0.25, 0.3) is 0 Å². The van der Waals surface area contributed by atoms with Crippen LogP contribution in [-0.2, 0) is 38.1 Å². The molecule has 0 radical (unpaired) electrons. The van der Waals surface area contributed by atoms with Crippen LogP contribution in [0.5, 0.6) is 0 Å². The number of hydrogen-bond donors (Lipinski definition) is 6. The Morgan fingerprint density at radius 2 is 1.76 bits per heavy atom. The summed E-state index contributed by atoms with van der Waals surface area (Å²) in [7, 11) is 0. The summed E-state index contributed by atoms with van der Waals surface area (Å²) in [5.41, 5.74) is 3.93. The summed E-state index contributed by atoms with van der Waals surface area (Å²) < 4.78 is 22.5. The second-order valence-corrected chi connectivity index (χ2v) is 9.24. The Balaban J connectivity index is 2.31. The van der Waals surface area contributed by atoms with E-state index in [1.807, 2.05) is 4.98 Å². The van der Waals surface area contributed by atoms with E-state index >= 15 is 0 Å². The van der Waals surface area contributed by atoms with Crippen molar-refractivity contribution in [3.8, 4) is 0 Å². The molecule has 1 fully saturated rings. The molecule has 1 aromatic rings. The Hall–Kier alpha value is -3.64. The number of esters is 3. The molecular formula is C24H37N5O12. The van der Waals surface area contributed by atoms with Gasteiger partial charge in [0.05, 0.1) is 12.7 Å². The lowest BCUT2D eigenvalue weighted by Crippen LogP contribution is -2.56. The topological polar surface area (TPSA) is 251 Å². The lowest BCUT2D eigenvalue weighted by Gasteiger charge is -2.29. The molecule has 17 nitrogen and oxygen atoms in total. The van der Waals surface area contributed by atoms with E-state index in [1.165, 1.54) is 6.92 Å². The quantitative estimate of drug-likeness (QED) is 0.0699. The molecule has 3 unspecified atom stereocenters. The van der Waals surface area contributed by atoms with Crippen LogP contribution in [0.4, 0.5) is 0 Å². The first-order chi connectivity index (χ1) is 19.3. The number of amides is 1. The van der Waals surface area contributed by atoms with Crippen molar-refractivity contribution in [3.05, 3.63) is 33.1 Å². The highest BCUT2D eigenvalue weighted by atomic mass is 16.6. The summed E-state index contributed by atoms with van der Waals surface area (Å²) in [6, 6.07) is -1.57. The number of nitrogens with one attached hydrogen (secondary N) is 3. The molecule has 230 valence electrons. The number of rotatable bonds is 14. The Morgan fingerprint density at radius 3 is 2.32 bits per heavy atom. The molecule has 0 saturated carbocycles. The summed E-state index contributed by atoms with van der Waals surface area (Å²) in [6.45, 7) is 5.18. The molecule has 0 aromatic carbocycles. The molecular weight excluding hydrogens is 550 g/mol. The van der Waals surface area contributed by atoms with E-state index in [0.717, 1.165) is 30.7 Å². The van der Waals surface area contributed by atoms with Crippen molar-refractivity contribution in [3.63, 3.8) is 0 Å². The summed E-state index contributed by atoms with van der Waals surface area (Å²) >= 11 is 0. The highest BCUT2D eigenvalue weighted by Gasteiger charge is 2.55. The molecule has 1 aliphatic heterocycles. The van der Waals surface area contributed by atoms with Gasteiger partial charge in [0.2, 0.25) is 5.91 Å². The Labute approximate surface area is 234 Å². The van der Waals surface area contributed by atoms with Gasteiger partial charge in [-0.2, -0.15) is 0 Å². The van der Waals surface area contributed by atoms with Gasteiger partial charge in [0, 0.05) is 32.7 Å². The second-order valence-electron chi connectivity index (χ2n) is 9.24. The van der Waals surface area contributed by atoms with Crippen molar-refractivity contribution < 1.29 is 48.3 Å². The van der Waals surface area contributed by atoms with Gasteiger partial charge in [0.1, 0.15) is 24.3 Å². The zero-order valence-electron chi connectivity index (χ0n) is 23.1. The summed E-state index contributed by atoms with van der Waals surface area (Å²) in [4.78, 5) is 74.7. The SMILES string of the molecule is CCOC(=O)C(NCCCNC(=O)[C@@H](N)C(C)O)C(O)[C@H]1O[C@H](n2ccc(=O)[nH]c2=O)[C@H](OC(C)=O)[C@@H]1OC(C)=O. The van der Waals surface area contributed by atoms with Gasteiger partial charge in [-0.3, -0.25) is 33.5 Å². The number of aliphatic hydroxyl groups is 2. The first kappa shape index (κ1) is 33.6. The van der Waals surface area contributed by atoms with E-state index in [2.05, 4.69) is 10.6 Å². The standard InChI is InChI=1S/C24H37N5O12/c1-5-38-23(36)16(26-8-6-9-27-21(35)15(25)11(2)30)17(34)18-19(39-12(3)31)20(40-13(4)32)22(41-18)29-10-7-14(33)28-24(29)37/h7,10-11,15-20,22,26,30,34H,5-6,8-9,25H2,1-4H3,(H,27,35)(H,28,33,37)/t11?,15-,16?,17?,18+,19+,20+,22-/m0/s1. The third kappa shape index (κ3) is 9.19. The van der Waals surface area contributed by atoms with E-state index in [4.69, 9.17) is 24.7 Å². The first-order valence-corrected chi connectivity index (χ1v) is 12.9. The van der Waals surface area contributed by atoms with Crippen molar-refractivity contribution in [1.29, 1.82) is 0 Å². The smallest absolute Gasteiger partial charge is 0.330 e. The van der Waals surface area contributed by atoms with Crippen LogP contribution in [0, 0.1) is 0 Å². The number of carbonyl (C=O) groups is 4. The lowest BCUT2D eigenvalue weighted by molar-refractivity contribution is -0.168.